The highest BCUT2D eigenvalue weighted by Crippen LogP contribution is 2.44. The third-order valence-electron chi connectivity index (χ3n) is 12.2. The highest BCUT2D eigenvalue weighted by Gasteiger charge is 2.17. The van der Waals surface area contributed by atoms with E-state index >= 15 is 0 Å². The van der Waals surface area contributed by atoms with Gasteiger partial charge < -0.3 is 0 Å². The SMILES string of the molecule is c1cc(-c2ccccc2-c2ccccc2-c2cccc(-c3ccc4ccc5cccc6ccc3c4c56)c2)cc(-c2ccc3ccc4cccc5ccc2c3c45)c1. The molecule has 0 saturated heterocycles. The highest BCUT2D eigenvalue weighted by molar-refractivity contribution is 6.26. The van der Waals surface area contributed by atoms with Crippen LogP contribution in [0.2, 0.25) is 0 Å². The highest BCUT2D eigenvalue weighted by atomic mass is 14.2. The van der Waals surface area contributed by atoms with Crippen LogP contribution in [-0.4, -0.2) is 0 Å². The van der Waals surface area contributed by atoms with Gasteiger partial charge in [0.05, 0.1) is 0 Å². The molecule has 0 N–H and O–H groups in total. The van der Waals surface area contributed by atoms with Gasteiger partial charge in [-0.15, -0.1) is 0 Å². The zero-order chi connectivity index (χ0) is 36.7. The Balaban J connectivity index is 0.979. The molecule has 0 atom stereocenters. The predicted molar refractivity (Wildman–Crippen MR) is 241 cm³/mol. The van der Waals surface area contributed by atoms with Crippen molar-refractivity contribution in [3.05, 3.63) is 206 Å². The Hall–Kier alpha value is -7.28. The van der Waals surface area contributed by atoms with Crippen LogP contribution in [0.15, 0.2) is 206 Å². The lowest BCUT2D eigenvalue weighted by atomic mass is 9.86. The first-order chi connectivity index (χ1) is 27.8. The number of rotatable bonds is 5. The maximum atomic E-state index is 2.38. The third kappa shape index (κ3) is 4.66. The van der Waals surface area contributed by atoms with Crippen molar-refractivity contribution >= 4 is 64.6 Å². The first kappa shape index (κ1) is 31.1. The van der Waals surface area contributed by atoms with Crippen LogP contribution in [0.1, 0.15) is 0 Å². The Kier molecular flexibility index (Phi) is 6.73. The van der Waals surface area contributed by atoms with Gasteiger partial charge in [-0.1, -0.05) is 194 Å². The molecule has 0 amide bonds. The molecule has 12 aromatic carbocycles. The molecule has 0 aliphatic rings. The summed E-state index contributed by atoms with van der Waals surface area (Å²) < 4.78 is 0. The lowest BCUT2D eigenvalue weighted by Gasteiger charge is -2.17. The van der Waals surface area contributed by atoms with Crippen molar-refractivity contribution in [2.24, 2.45) is 0 Å². The van der Waals surface area contributed by atoms with E-state index < -0.39 is 0 Å². The van der Waals surface area contributed by atoms with Gasteiger partial charge in [-0.25, -0.2) is 0 Å². The van der Waals surface area contributed by atoms with Crippen LogP contribution in [0.5, 0.6) is 0 Å². The molecule has 0 unspecified atom stereocenters. The van der Waals surface area contributed by atoms with E-state index in [2.05, 4.69) is 206 Å². The van der Waals surface area contributed by atoms with Crippen LogP contribution >= 0.6 is 0 Å². The maximum Gasteiger partial charge on any atom is -0.00206 e. The Morgan fingerprint density at radius 1 is 0.179 bits per heavy atom. The minimum atomic E-state index is 1.21. The van der Waals surface area contributed by atoms with Crippen LogP contribution in [0.3, 0.4) is 0 Å². The van der Waals surface area contributed by atoms with E-state index in [0.29, 0.717) is 0 Å². The van der Waals surface area contributed by atoms with Crippen LogP contribution in [0, 0.1) is 0 Å². The monoisotopic (exact) mass is 706 g/mol. The van der Waals surface area contributed by atoms with E-state index in [4.69, 9.17) is 0 Å². The summed E-state index contributed by atoms with van der Waals surface area (Å²) in [5, 5.41) is 15.7. The fourth-order valence-corrected chi connectivity index (χ4v) is 9.62. The maximum absolute atomic E-state index is 2.38. The van der Waals surface area contributed by atoms with E-state index in [0.717, 1.165) is 0 Å². The van der Waals surface area contributed by atoms with Crippen molar-refractivity contribution in [2.45, 2.75) is 0 Å². The van der Waals surface area contributed by atoms with Gasteiger partial charge in [0.15, 0.2) is 0 Å². The minimum Gasteiger partial charge on any atom is -0.0616 e. The smallest absolute Gasteiger partial charge is 0.00206 e. The summed E-state index contributed by atoms with van der Waals surface area (Å²) in [5.74, 6) is 0. The van der Waals surface area contributed by atoms with Crippen molar-refractivity contribution in [1.82, 2.24) is 0 Å². The lowest BCUT2D eigenvalue weighted by molar-refractivity contribution is 1.56. The van der Waals surface area contributed by atoms with E-state index in [-0.39, 0.29) is 0 Å². The van der Waals surface area contributed by atoms with Gasteiger partial charge in [-0.05, 0) is 132 Å². The van der Waals surface area contributed by atoms with E-state index in [9.17, 15) is 0 Å². The lowest BCUT2D eigenvalue weighted by Crippen LogP contribution is -1.91. The van der Waals surface area contributed by atoms with E-state index in [1.807, 2.05) is 0 Å². The summed E-state index contributed by atoms with van der Waals surface area (Å²) in [7, 11) is 0. The Bertz CT molecular complexity index is 3210. The standard InChI is InChI=1S/C56H34/c1-3-19-49(45(17-1)41-13-7-15-43(33-41)47-29-25-39-23-21-35-9-5-11-37-27-31-51(47)55(39)53(35)37)50-20-4-2-18-46(50)42-14-8-16-44(34-42)48-30-26-40-24-22-36-10-6-12-38-28-32-52(48)56(40)54(36)38/h1-34H. The molecule has 0 bridgehead atoms. The van der Waals surface area contributed by atoms with Gasteiger partial charge in [0.1, 0.15) is 0 Å². The summed E-state index contributed by atoms with van der Waals surface area (Å²) in [6, 6.07) is 76.6. The van der Waals surface area contributed by atoms with Gasteiger partial charge in [0.25, 0.3) is 0 Å². The molecule has 258 valence electrons. The second kappa shape index (κ2) is 12.1. The van der Waals surface area contributed by atoms with Crippen molar-refractivity contribution in [3.63, 3.8) is 0 Å². The molecule has 0 aliphatic heterocycles. The average molecular weight is 707 g/mol. The molecule has 12 rings (SSSR count). The molecular formula is C56H34. The van der Waals surface area contributed by atoms with Crippen LogP contribution in [0.25, 0.3) is 120 Å². The molecule has 56 heavy (non-hydrogen) atoms. The largest absolute Gasteiger partial charge is 0.0616 e. The molecular weight excluding hydrogens is 673 g/mol. The average Bonchev–Trinajstić information content (AvgIpc) is 3.27. The summed E-state index contributed by atoms with van der Waals surface area (Å²) in [5.41, 5.74) is 12.3. The zero-order valence-corrected chi connectivity index (χ0v) is 30.6. The molecule has 0 radical (unpaired) electrons. The molecule has 0 heterocycles. The van der Waals surface area contributed by atoms with Crippen LogP contribution < -0.4 is 0 Å². The first-order valence-electron chi connectivity index (χ1n) is 19.5. The molecule has 0 spiro atoms. The quantitative estimate of drug-likeness (QED) is 0.156. The minimum absolute atomic E-state index is 1.21. The van der Waals surface area contributed by atoms with E-state index in [1.165, 1.54) is 120 Å². The number of hydrogen-bond donors (Lipinski definition) is 0. The van der Waals surface area contributed by atoms with Gasteiger partial charge in [0, 0.05) is 0 Å². The summed E-state index contributed by atoms with van der Waals surface area (Å²) in [6.07, 6.45) is 0. The van der Waals surface area contributed by atoms with Crippen LogP contribution in [-0.2, 0) is 0 Å². The fraction of sp³-hybridized carbons (Fsp3) is 0. The molecule has 0 saturated carbocycles. The molecule has 0 nitrogen and oxygen atoms in total. The van der Waals surface area contributed by atoms with E-state index in [1.54, 1.807) is 0 Å². The zero-order valence-electron chi connectivity index (χ0n) is 30.6. The Labute approximate surface area is 325 Å². The molecule has 0 heteroatoms. The molecule has 12 aromatic rings. The predicted octanol–water partition coefficient (Wildman–Crippen LogP) is 15.8. The molecule has 0 fully saturated rings. The topological polar surface area (TPSA) is 0 Å². The Morgan fingerprint density at radius 2 is 0.482 bits per heavy atom. The third-order valence-corrected chi connectivity index (χ3v) is 12.2. The van der Waals surface area contributed by atoms with Gasteiger partial charge in [-0.3, -0.25) is 0 Å². The summed E-state index contributed by atoms with van der Waals surface area (Å²) in [4.78, 5) is 0. The summed E-state index contributed by atoms with van der Waals surface area (Å²) in [6.45, 7) is 0. The Morgan fingerprint density at radius 3 is 0.893 bits per heavy atom. The fourth-order valence-electron chi connectivity index (χ4n) is 9.62. The number of benzene rings is 12. The second-order valence-corrected chi connectivity index (χ2v) is 15.2. The number of hydrogen-bond acceptors (Lipinski definition) is 0. The van der Waals surface area contributed by atoms with Crippen LogP contribution in [0.4, 0.5) is 0 Å². The van der Waals surface area contributed by atoms with Crippen molar-refractivity contribution in [1.29, 1.82) is 0 Å². The summed E-state index contributed by atoms with van der Waals surface area (Å²) >= 11 is 0. The normalized spacial score (nSPS) is 11.9. The van der Waals surface area contributed by atoms with Gasteiger partial charge in [0.2, 0.25) is 0 Å². The second-order valence-electron chi connectivity index (χ2n) is 15.2. The van der Waals surface area contributed by atoms with Crippen molar-refractivity contribution in [3.8, 4) is 55.6 Å². The first-order valence-corrected chi connectivity index (χ1v) is 19.5. The van der Waals surface area contributed by atoms with Gasteiger partial charge >= 0.3 is 0 Å². The molecule has 0 aromatic heterocycles. The molecule has 0 aliphatic carbocycles. The van der Waals surface area contributed by atoms with Gasteiger partial charge in [-0.2, -0.15) is 0 Å². The van der Waals surface area contributed by atoms with Crippen molar-refractivity contribution in [2.75, 3.05) is 0 Å². The van der Waals surface area contributed by atoms with Crippen molar-refractivity contribution < 1.29 is 0 Å².